The maximum absolute atomic E-state index is 11.1. The first-order chi connectivity index (χ1) is 7.24. The molecule has 0 unspecified atom stereocenters. The second-order valence-electron chi connectivity index (χ2n) is 4.90. The fourth-order valence-electron chi connectivity index (χ4n) is 1.62. The van der Waals surface area contributed by atoms with Crippen molar-refractivity contribution < 1.29 is 9.90 Å². The first-order valence-corrected chi connectivity index (χ1v) is 5.61. The Morgan fingerprint density at radius 1 is 1.38 bits per heavy atom. The Kier molecular flexibility index (Phi) is 3.64. The van der Waals surface area contributed by atoms with E-state index in [1.807, 2.05) is 26.0 Å². The number of aliphatic carboxylic acids is 1. The van der Waals surface area contributed by atoms with E-state index in [4.69, 9.17) is 16.7 Å². The van der Waals surface area contributed by atoms with Gasteiger partial charge in [0.2, 0.25) is 0 Å². The van der Waals surface area contributed by atoms with Crippen LogP contribution in [0.25, 0.3) is 0 Å². The number of carboxylic acids is 1. The minimum Gasteiger partial charge on any atom is -0.481 e. The average molecular weight is 241 g/mol. The summed E-state index contributed by atoms with van der Waals surface area (Å²) in [5.41, 5.74) is 2.28. The van der Waals surface area contributed by atoms with Gasteiger partial charge < -0.3 is 5.11 Å². The van der Waals surface area contributed by atoms with Crippen LogP contribution < -0.4 is 0 Å². The van der Waals surface area contributed by atoms with Crippen molar-refractivity contribution in [3.05, 3.63) is 33.8 Å². The molecular formula is C13H17ClO2. The van der Waals surface area contributed by atoms with Crippen molar-refractivity contribution in [2.75, 3.05) is 0 Å². The summed E-state index contributed by atoms with van der Waals surface area (Å²) in [7, 11) is 0. The van der Waals surface area contributed by atoms with Gasteiger partial charge in [-0.15, -0.1) is 0 Å². The quantitative estimate of drug-likeness (QED) is 0.876. The normalized spacial score (nSPS) is 11.6. The molecule has 0 aliphatic rings. The summed E-state index contributed by atoms with van der Waals surface area (Å²) >= 11 is 6.08. The van der Waals surface area contributed by atoms with Gasteiger partial charge in [0, 0.05) is 5.02 Å². The molecule has 3 heteroatoms. The Balaban J connectivity index is 3.11. The van der Waals surface area contributed by atoms with Crippen LogP contribution in [0.4, 0.5) is 0 Å². The molecule has 0 saturated heterocycles. The lowest BCUT2D eigenvalue weighted by atomic mass is 9.84. The predicted molar refractivity (Wildman–Crippen MR) is 66.0 cm³/mol. The molecule has 0 amide bonds. The van der Waals surface area contributed by atoms with Gasteiger partial charge in [0.05, 0.1) is 5.41 Å². The lowest BCUT2D eigenvalue weighted by Gasteiger charge is -2.21. The molecular weight excluding hydrogens is 224 g/mol. The van der Waals surface area contributed by atoms with E-state index in [2.05, 4.69) is 0 Å². The average Bonchev–Trinajstić information content (AvgIpc) is 2.12. The zero-order valence-corrected chi connectivity index (χ0v) is 10.9. The number of rotatable bonds is 3. The second kappa shape index (κ2) is 4.46. The van der Waals surface area contributed by atoms with Gasteiger partial charge in [-0.05, 0) is 56.9 Å². The van der Waals surface area contributed by atoms with Gasteiger partial charge in [0.25, 0.3) is 0 Å². The van der Waals surface area contributed by atoms with E-state index in [0.717, 1.165) is 16.7 Å². The third-order valence-corrected chi connectivity index (χ3v) is 3.20. The fraction of sp³-hybridized carbons (Fsp3) is 0.462. The summed E-state index contributed by atoms with van der Waals surface area (Å²) < 4.78 is 0. The summed E-state index contributed by atoms with van der Waals surface area (Å²) in [5, 5.41) is 9.80. The Morgan fingerprint density at radius 2 is 1.94 bits per heavy atom. The van der Waals surface area contributed by atoms with Gasteiger partial charge in [-0.2, -0.15) is 0 Å². The van der Waals surface area contributed by atoms with E-state index in [9.17, 15) is 4.79 Å². The monoisotopic (exact) mass is 240 g/mol. The molecule has 88 valence electrons. The number of benzene rings is 1. The predicted octanol–water partition coefficient (Wildman–Crippen LogP) is 3.61. The largest absolute Gasteiger partial charge is 0.481 e. The molecule has 0 saturated carbocycles. The Hall–Kier alpha value is -1.02. The van der Waals surface area contributed by atoms with Crippen LogP contribution in [0.5, 0.6) is 0 Å². The Bertz CT molecular complexity index is 422. The molecule has 2 nitrogen and oxygen atoms in total. The molecule has 0 aliphatic heterocycles. The zero-order chi connectivity index (χ0) is 12.5. The highest BCUT2D eigenvalue weighted by molar-refractivity contribution is 6.31. The topological polar surface area (TPSA) is 37.3 Å². The number of carbonyl (C=O) groups is 1. The molecule has 1 N–H and O–H groups in total. The van der Waals surface area contributed by atoms with E-state index in [-0.39, 0.29) is 0 Å². The number of hydrogen-bond donors (Lipinski definition) is 1. The van der Waals surface area contributed by atoms with Crippen molar-refractivity contribution in [2.24, 2.45) is 5.41 Å². The second-order valence-corrected chi connectivity index (χ2v) is 5.30. The summed E-state index contributed by atoms with van der Waals surface area (Å²) in [4.78, 5) is 11.1. The molecule has 16 heavy (non-hydrogen) atoms. The molecule has 0 bridgehead atoms. The minimum absolute atomic E-state index is 0.496. The van der Waals surface area contributed by atoms with Crippen molar-refractivity contribution in [2.45, 2.75) is 34.1 Å². The molecule has 0 spiro atoms. The highest BCUT2D eigenvalue weighted by atomic mass is 35.5. The molecule has 1 aromatic rings. The van der Waals surface area contributed by atoms with Crippen LogP contribution in [0, 0.1) is 19.3 Å². The van der Waals surface area contributed by atoms with Crippen LogP contribution in [0.2, 0.25) is 5.02 Å². The van der Waals surface area contributed by atoms with E-state index in [1.54, 1.807) is 13.8 Å². The van der Waals surface area contributed by atoms with E-state index in [1.165, 1.54) is 0 Å². The first kappa shape index (κ1) is 13.0. The number of carboxylic acid groups (broad SMARTS) is 1. The number of halogens is 1. The van der Waals surface area contributed by atoms with Crippen molar-refractivity contribution in [3.8, 4) is 0 Å². The zero-order valence-electron chi connectivity index (χ0n) is 10.1. The van der Waals surface area contributed by atoms with Crippen molar-refractivity contribution >= 4 is 17.6 Å². The third-order valence-electron chi connectivity index (χ3n) is 2.81. The minimum atomic E-state index is -0.787. The van der Waals surface area contributed by atoms with Crippen LogP contribution in [0.1, 0.15) is 30.5 Å². The van der Waals surface area contributed by atoms with Gasteiger partial charge in [-0.1, -0.05) is 17.7 Å². The lowest BCUT2D eigenvalue weighted by Crippen LogP contribution is -2.26. The standard InChI is InChI=1S/C13H17ClO2/c1-8-5-10(9(2)11(14)6-8)7-13(3,4)12(15)16/h5-6H,7H2,1-4H3,(H,15,16). The fourth-order valence-corrected chi connectivity index (χ4v) is 1.92. The van der Waals surface area contributed by atoms with Crippen LogP contribution >= 0.6 is 11.6 Å². The molecule has 1 rings (SSSR count). The van der Waals surface area contributed by atoms with Crippen molar-refractivity contribution in [3.63, 3.8) is 0 Å². The first-order valence-electron chi connectivity index (χ1n) is 5.23. The Morgan fingerprint density at radius 3 is 2.44 bits per heavy atom. The summed E-state index contributed by atoms with van der Waals surface area (Å²) in [5.74, 6) is -0.787. The molecule has 0 radical (unpaired) electrons. The molecule has 0 aliphatic carbocycles. The van der Waals surface area contributed by atoms with Gasteiger partial charge in [0.15, 0.2) is 0 Å². The van der Waals surface area contributed by atoms with E-state index < -0.39 is 11.4 Å². The van der Waals surface area contributed by atoms with Crippen molar-refractivity contribution in [1.29, 1.82) is 0 Å². The van der Waals surface area contributed by atoms with Crippen molar-refractivity contribution in [1.82, 2.24) is 0 Å². The SMILES string of the molecule is Cc1cc(Cl)c(C)c(CC(C)(C)C(=O)O)c1. The third kappa shape index (κ3) is 2.76. The van der Waals surface area contributed by atoms with Gasteiger partial charge in [-0.25, -0.2) is 0 Å². The molecule has 0 aromatic heterocycles. The smallest absolute Gasteiger partial charge is 0.309 e. The highest BCUT2D eigenvalue weighted by Gasteiger charge is 2.28. The number of aryl methyl sites for hydroxylation is 1. The highest BCUT2D eigenvalue weighted by Crippen LogP contribution is 2.28. The van der Waals surface area contributed by atoms with Crippen LogP contribution in [0.3, 0.4) is 0 Å². The van der Waals surface area contributed by atoms with Crippen LogP contribution in [-0.4, -0.2) is 11.1 Å². The molecule has 0 fully saturated rings. The van der Waals surface area contributed by atoms with Crippen LogP contribution in [-0.2, 0) is 11.2 Å². The molecule has 0 atom stereocenters. The van der Waals surface area contributed by atoms with Crippen LogP contribution in [0.15, 0.2) is 12.1 Å². The lowest BCUT2D eigenvalue weighted by molar-refractivity contribution is -0.146. The summed E-state index contributed by atoms with van der Waals surface area (Å²) in [6, 6.07) is 3.90. The van der Waals surface area contributed by atoms with Gasteiger partial charge in [-0.3, -0.25) is 4.79 Å². The Labute approximate surface area is 101 Å². The van der Waals surface area contributed by atoms with E-state index >= 15 is 0 Å². The summed E-state index contributed by atoms with van der Waals surface area (Å²) in [6.45, 7) is 7.34. The number of hydrogen-bond acceptors (Lipinski definition) is 1. The van der Waals surface area contributed by atoms with Gasteiger partial charge in [0.1, 0.15) is 0 Å². The molecule has 1 aromatic carbocycles. The van der Waals surface area contributed by atoms with E-state index in [0.29, 0.717) is 11.4 Å². The summed E-state index contributed by atoms with van der Waals surface area (Å²) in [6.07, 6.45) is 0.496. The maximum atomic E-state index is 11.1. The van der Waals surface area contributed by atoms with Gasteiger partial charge >= 0.3 is 5.97 Å². The molecule has 0 heterocycles. The maximum Gasteiger partial charge on any atom is 0.309 e.